The van der Waals surface area contributed by atoms with E-state index < -0.39 is 0 Å². The molecule has 1 saturated heterocycles. The molecule has 0 aromatic heterocycles. The van der Waals surface area contributed by atoms with Gasteiger partial charge in [-0.3, -0.25) is 0 Å². The lowest BCUT2D eigenvalue weighted by atomic mass is 9.55. The molecule has 1 saturated carbocycles. The van der Waals surface area contributed by atoms with Crippen molar-refractivity contribution in [2.24, 2.45) is 11.3 Å². The second-order valence-corrected chi connectivity index (χ2v) is 6.27. The molecule has 19 heavy (non-hydrogen) atoms. The molecule has 0 bridgehead atoms. The zero-order valence-corrected chi connectivity index (χ0v) is 12.0. The van der Waals surface area contributed by atoms with Gasteiger partial charge in [0.15, 0.2) is 0 Å². The Labute approximate surface area is 115 Å². The number of nitrogens with one attached hydrogen (secondary N) is 1. The van der Waals surface area contributed by atoms with Gasteiger partial charge in [-0.2, -0.15) is 0 Å². The number of benzene rings is 1. The zero-order chi connectivity index (χ0) is 13.5. The van der Waals surface area contributed by atoms with Crippen molar-refractivity contribution in [1.29, 1.82) is 0 Å². The first-order chi connectivity index (χ1) is 9.13. The van der Waals surface area contributed by atoms with Crippen LogP contribution in [0.25, 0.3) is 0 Å². The molecule has 104 valence electrons. The molecule has 1 aliphatic carbocycles. The van der Waals surface area contributed by atoms with Crippen LogP contribution in [0, 0.1) is 11.3 Å². The first kappa shape index (κ1) is 12.8. The van der Waals surface area contributed by atoms with Crippen molar-refractivity contribution in [2.75, 3.05) is 19.0 Å². The summed E-state index contributed by atoms with van der Waals surface area (Å²) in [6.45, 7) is 5.53. The Morgan fingerprint density at radius 3 is 3.00 bits per heavy atom. The molecule has 1 heterocycles. The topological polar surface area (TPSA) is 30.5 Å². The van der Waals surface area contributed by atoms with Gasteiger partial charge in [0, 0.05) is 35.7 Å². The highest BCUT2D eigenvalue weighted by atomic mass is 16.5. The number of hydrogen-bond donors (Lipinski definition) is 1. The van der Waals surface area contributed by atoms with E-state index in [0.717, 1.165) is 18.0 Å². The fourth-order valence-electron chi connectivity index (χ4n) is 3.71. The minimum absolute atomic E-state index is 0.203. The van der Waals surface area contributed by atoms with E-state index in [1.807, 2.05) is 12.1 Å². The summed E-state index contributed by atoms with van der Waals surface area (Å²) in [6, 6.07) is 8.67. The van der Waals surface area contributed by atoms with Gasteiger partial charge in [-0.25, -0.2) is 0 Å². The molecule has 3 heteroatoms. The standard InChI is InChI=1S/C16H23NO2/c1-16(2)14(13-8-5-9-19-15(13)16)17-11-6-4-7-12(10-11)18-3/h4,6-7,10,13-15,17H,5,8-9H2,1-3H3. The van der Waals surface area contributed by atoms with Crippen molar-refractivity contribution < 1.29 is 9.47 Å². The van der Waals surface area contributed by atoms with Crippen LogP contribution in [-0.2, 0) is 4.74 Å². The third-order valence-electron chi connectivity index (χ3n) is 4.72. The van der Waals surface area contributed by atoms with Crippen molar-refractivity contribution in [3.63, 3.8) is 0 Å². The molecule has 1 N–H and O–H groups in total. The van der Waals surface area contributed by atoms with Gasteiger partial charge >= 0.3 is 0 Å². The molecule has 1 aromatic rings. The van der Waals surface area contributed by atoms with Gasteiger partial charge in [0.2, 0.25) is 0 Å². The van der Waals surface area contributed by atoms with Crippen LogP contribution in [0.15, 0.2) is 24.3 Å². The van der Waals surface area contributed by atoms with Crippen molar-refractivity contribution in [3.8, 4) is 5.75 Å². The van der Waals surface area contributed by atoms with Gasteiger partial charge < -0.3 is 14.8 Å². The number of rotatable bonds is 3. The molecule has 1 aromatic carbocycles. The smallest absolute Gasteiger partial charge is 0.120 e. The number of ether oxygens (including phenoxy) is 2. The highest BCUT2D eigenvalue weighted by Gasteiger charge is 2.57. The van der Waals surface area contributed by atoms with E-state index in [4.69, 9.17) is 9.47 Å². The molecule has 0 radical (unpaired) electrons. The zero-order valence-electron chi connectivity index (χ0n) is 12.0. The maximum Gasteiger partial charge on any atom is 0.120 e. The Morgan fingerprint density at radius 1 is 1.37 bits per heavy atom. The monoisotopic (exact) mass is 261 g/mol. The number of anilines is 1. The molecule has 3 rings (SSSR count). The lowest BCUT2D eigenvalue weighted by Crippen LogP contribution is -2.67. The normalized spacial score (nSPS) is 32.1. The first-order valence-corrected chi connectivity index (χ1v) is 7.15. The van der Waals surface area contributed by atoms with Crippen LogP contribution in [0.2, 0.25) is 0 Å². The van der Waals surface area contributed by atoms with Crippen LogP contribution in [0.4, 0.5) is 5.69 Å². The molecular formula is C16H23NO2. The summed E-state index contributed by atoms with van der Waals surface area (Å²) in [7, 11) is 1.71. The summed E-state index contributed by atoms with van der Waals surface area (Å²) < 4.78 is 11.2. The lowest BCUT2D eigenvalue weighted by Gasteiger charge is -2.60. The van der Waals surface area contributed by atoms with Gasteiger partial charge in [-0.15, -0.1) is 0 Å². The fraction of sp³-hybridized carbons (Fsp3) is 0.625. The Hall–Kier alpha value is -1.22. The Morgan fingerprint density at radius 2 is 2.21 bits per heavy atom. The molecule has 2 aliphatic rings. The van der Waals surface area contributed by atoms with Crippen molar-refractivity contribution in [2.45, 2.75) is 38.8 Å². The second-order valence-electron chi connectivity index (χ2n) is 6.27. The minimum Gasteiger partial charge on any atom is -0.497 e. The van der Waals surface area contributed by atoms with Gasteiger partial charge in [0.05, 0.1) is 13.2 Å². The van der Waals surface area contributed by atoms with Gasteiger partial charge in [-0.05, 0) is 25.0 Å². The molecule has 3 atom stereocenters. The Kier molecular flexibility index (Phi) is 3.17. The summed E-state index contributed by atoms with van der Waals surface area (Å²) in [4.78, 5) is 0. The third kappa shape index (κ3) is 2.10. The maximum atomic E-state index is 5.94. The Bertz CT molecular complexity index is 458. The van der Waals surface area contributed by atoms with Crippen LogP contribution in [0.3, 0.4) is 0 Å². The van der Waals surface area contributed by atoms with Gasteiger partial charge in [0.25, 0.3) is 0 Å². The number of fused-ring (bicyclic) bond motifs is 1. The van der Waals surface area contributed by atoms with Crippen molar-refractivity contribution >= 4 is 5.69 Å². The molecule has 0 amide bonds. The summed E-state index contributed by atoms with van der Waals surface area (Å²) in [5.41, 5.74) is 1.34. The summed E-state index contributed by atoms with van der Waals surface area (Å²) >= 11 is 0. The summed E-state index contributed by atoms with van der Waals surface area (Å²) in [5, 5.41) is 3.68. The Balaban J connectivity index is 1.75. The average molecular weight is 261 g/mol. The highest BCUT2D eigenvalue weighted by molar-refractivity contribution is 5.50. The largest absolute Gasteiger partial charge is 0.497 e. The fourth-order valence-corrected chi connectivity index (χ4v) is 3.71. The van der Waals surface area contributed by atoms with E-state index in [0.29, 0.717) is 18.1 Å². The predicted octanol–water partition coefficient (Wildman–Crippen LogP) is 3.31. The maximum absolute atomic E-state index is 5.94. The molecule has 1 aliphatic heterocycles. The van der Waals surface area contributed by atoms with E-state index in [9.17, 15) is 0 Å². The predicted molar refractivity (Wildman–Crippen MR) is 76.6 cm³/mol. The van der Waals surface area contributed by atoms with Crippen molar-refractivity contribution in [3.05, 3.63) is 24.3 Å². The number of hydrogen-bond acceptors (Lipinski definition) is 3. The SMILES string of the molecule is COc1cccc(NC2C3CCCOC3C2(C)C)c1. The lowest BCUT2D eigenvalue weighted by molar-refractivity contribution is -0.177. The van der Waals surface area contributed by atoms with Crippen LogP contribution < -0.4 is 10.1 Å². The van der Waals surface area contributed by atoms with Crippen LogP contribution in [-0.4, -0.2) is 25.9 Å². The molecule has 3 unspecified atom stereocenters. The first-order valence-electron chi connectivity index (χ1n) is 7.15. The van der Waals surface area contributed by atoms with E-state index in [2.05, 4.69) is 31.3 Å². The number of methoxy groups -OCH3 is 1. The highest BCUT2D eigenvalue weighted by Crippen LogP contribution is 2.52. The van der Waals surface area contributed by atoms with E-state index in [1.165, 1.54) is 12.8 Å². The molecule has 0 spiro atoms. The van der Waals surface area contributed by atoms with Crippen LogP contribution in [0.1, 0.15) is 26.7 Å². The summed E-state index contributed by atoms with van der Waals surface area (Å²) in [5.74, 6) is 1.55. The van der Waals surface area contributed by atoms with Gasteiger partial charge in [-0.1, -0.05) is 19.9 Å². The van der Waals surface area contributed by atoms with Crippen molar-refractivity contribution in [1.82, 2.24) is 0 Å². The average Bonchev–Trinajstić information content (AvgIpc) is 2.45. The molecule has 2 fully saturated rings. The summed E-state index contributed by atoms with van der Waals surface area (Å²) in [6.07, 6.45) is 2.88. The van der Waals surface area contributed by atoms with E-state index in [-0.39, 0.29) is 5.41 Å². The quantitative estimate of drug-likeness (QED) is 0.905. The van der Waals surface area contributed by atoms with Gasteiger partial charge in [0.1, 0.15) is 5.75 Å². The molecule has 3 nitrogen and oxygen atoms in total. The van der Waals surface area contributed by atoms with Crippen LogP contribution in [0.5, 0.6) is 5.75 Å². The second kappa shape index (κ2) is 4.71. The molecular weight excluding hydrogens is 238 g/mol. The van der Waals surface area contributed by atoms with E-state index >= 15 is 0 Å². The van der Waals surface area contributed by atoms with Crippen LogP contribution >= 0.6 is 0 Å². The van der Waals surface area contributed by atoms with E-state index in [1.54, 1.807) is 7.11 Å². The third-order valence-corrected chi connectivity index (χ3v) is 4.72. The minimum atomic E-state index is 0.203.